The van der Waals surface area contributed by atoms with Crippen molar-refractivity contribution in [2.24, 2.45) is 0 Å². The minimum absolute atomic E-state index is 0.133. The molecule has 1 aliphatic heterocycles. The van der Waals surface area contributed by atoms with Gasteiger partial charge in [0.25, 0.3) is 23.6 Å². The Hall–Kier alpha value is -3.33. The van der Waals surface area contributed by atoms with Crippen LogP contribution in [0.15, 0.2) is 46.2 Å². The molecular formula is C18H13N3O5S. The largest absolute Gasteiger partial charge is 0.451 e. The molecule has 4 rings (SSSR count). The van der Waals surface area contributed by atoms with Gasteiger partial charge in [-0.2, -0.15) is 0 Å². The van der Waals surface area contributed by atoms with Gasteiger partial charge in [-0.25, -0.2) is 0 Å². The normalized spacial score (nSPS) is 14.3. The molecule has 0 saturated carbocycles. The van der Waals surface area contributed by atoms with Crippen molar-refractivity contribution in [3.8, 4) is 10.8 Å². The second-order valence-electron chi connectivity index (χ2n) is 5.80. The van der Waals surface area contributed by atoms with E-state index in [2.05, 4.69) is 10.2 Å². The Kier molecular flexibility index (Phi) is 4.28. The van der Waals surface area contributed by atoms with Gasteiger partial charge in [-0.15, -0.1) is 21.5 Å². The SMILES string of the molecule is C[C@H](OC(=O)CN1C(=O)c2ccccc2C1=O)c1nnc(-c2cccs2)o1. The summed E-state index contributed by atoms with van der Waals surface area (Å²) in [6.07, 6.45) is -0.811. The summed E-state index contributed by atoms with van der Waals surface area (Å²) >= 11 is 1.45. The quantitative estimate of drug-likeness (QED) is 0.493. The van der Waals surface area contributed by atoms with E-state index in [-0.39, 0.29) is 17.0 Å². The lowest BCUT2D eigenvalue weighted by molar-refractivity contribution is -0.149. The van der Waals surface area contributed by atoms with Crippen molar-refractivity contribution in [3.63, 3.8) is 0 Å². The van der Waals surface area contributed by atoms with Gasteiger partial charge in [-0.1, -0.05) is 18.2 Å². The summed E-state index contributed by atoms with van der Waals surface area (Å²) in [5.74, 6) is -1.30. The summed E-state index contributed by atoms with van der Waals surface area (Å²) in [5.41, 5.74) is 0.557. The number of aromatic nitrogens is 2. The van der Waals surface area contributed by atoms with Crippen LogP contribution >= 0.6 is 11.3 Å². The third-order valence-corrected chi connectivity index (χ3v) is 4.85. The van der Waals surface area contributed by atoms with E-state index in [0.717, 1.165) is 9.78 Å². The Bertz CT molecular complexity index is 992. The van der Waals surface area contributed by atoms with Crippen LogP contribution in [0.25, 0.3) is 10.8 Å². The van der Waals surface area contributed by atoms with Crippen molar-refractivity contribution in [2.45, 2.75) is 13.0 Å². The number of rotatable bonds is 5. The first-order valence-electron chi connectivity index (χ1n) is 8.06. The maximum Gasteiger partial charge on any atom is 0.326 e. The van der Waals surface area contributed by atoms with Crippen LogP contribution < -0.4 is 0 Å². The maximum absolute atomic E-state index is 12.3. The summed E-state index contributed by atoms with van der Waals surface area (Å²) in [5, 5.41) is 9.69. The average molecular weight is 383 g/mol. The van der Waals surface area contributed by atoms with Crippen LogP contribution in [0.5, 0.6) is 0 Å². The van der Waals surface area contributed by atoms with E-state index in [4.69, 9.17) is 9.15 Å². The van der Waals surface area contributed by atoms with Gasteiger partial charge >= 0.3 is 5.97 Å². The van der Waals surface area contributed by atoms with Gasteiger partial charge in [0.15, 0.2) is 6.10 Å². The van der Waals surface area contributed by atoms with Crippen molar-refractivity contribution >= 4 is 29.1 Å². The zero-order chi connectivity index (χ0) is 19.0. The van der Waals surface area contributed by atoms with Crippen LogP contribution in [0.2, 0.25) is 0 Å². The van der Waals surface area contributed by atoms with Gasteiger partial charge in [-0.05, 0) is 30.5 Å². The first-order valence-corrected chi connectivity index (χ1v) is 8.94. The van der Waals surface area contributed by atoms with Crippen LogP contribution in [0.3, 0.4) is 0 Å². The van der Waals surface area contributed by atoms with Crippen LogP contribution in [0, 0.1) is 0 Å². The van der Waals surface area contributed by atoms with Gasteiger partial charge in [0, 0.05) is 0 Å². The van der Waals surface area contributed by atoms with Crippen LogP contribution in [0.4, 0.5) is 0 Å². The molecule has 3 heterocycles. The van der Waals surface area contributed by atoms with Gasteiger partial charge < -0.3 is 9.15 Å². The van der Waals surface area contributed by atoms with E-state index in [1.54, 1.807) is 31.2 Å². The molecule has 0 spiro atoms. The third-order valence-electron chi connectivity index (χ3n) is 3.99. The van der Waals surface area contributed by atoms with E-state index < -0.39 is 30.4 Å². The zero-order valence-corrected chi connectivity index (χ0v) is 14.9. The number of thiophene rings is 1. The molecule has 1 atom stereocenters. The number of ether oxygens (including phenoxy) is 1. The Morgan fingerprint density at radius 3 is 2.48 bits per heavy atom. The first kappa shape index (κ1) is 17.1. The molecule has 0 unspecified atom stereocenters. The summed E-state index contributed by atoms with van der Waals surface area (Å²) in [4.78, 5) is 38.5. The molecule has 0 saturated heterocycles. The van der Waals surface area contributed by atoms with Crippen molar-refractivity contribution in [3.05, 3.63) is 58.8 Å². The van der Waals surface area contributed by atoms with Crippen molar-refractivity contribution in [1.29, 1.82) is 0 Å². The predicted octanol–water partition coefficient (Wildman–Crippen LogP) is 2.70. The predicted molar refractivity (Wildman–Crippen MR) is 93.9 cm³/mol. The number of nitrogens with zero attached hydrogens (tertiary/aromatic N) is 3. The van der Waals surface area contributed by atoms with Crippen molar-refractivity contribution in [1.82, 2.24) is 15.1 Å². The van der Waals surface area contributed by atoms with Gasteiger partial charge in [0.1, 0.15) is 6.54 Å². The van der Waals surface area contributed by atoms with Crippen LogP contribution in [-0.4, -0.2) is 39.4 Å². The lowest BCUT2D eigenvalue weighted by atomic mass is 10.1. The van der Waals surface area contributed by atoms with E-state index in [9.17, 15) is 14.4 Å². The lowest BCUT2D eigenvalue weighted by Gasteiger charge is -2.14. The molecule has 0 aliphatic carbocycles. The fourth-order valence-electron chi connectivity index (χ4n) is 2.70. The van der Waals surface area contributed by atoms with Gasteiger partial charge in [0.05, 0.1) is 16.0 Å². The molecule has 136 valence electrons. The highest BCUT2D eigenvalue weighted by Crippen LogP contribution is 2.26. The molecule has 8 nitrogen and oxygen atoms in total. The highest BCUT2D eigenvalue weighted by molar-refractivity contribution is 7.13. The van der Waals surface area contributed by atoms with E-state index in [1.165, 1.54) is 11.3 Å². The summed E-state index contributed by atoms with van der Waals surface area (Å²) in [6.45, 7) is 1.09. The van der Waals surface area contributed by atoms with Crippen LogP contribution in [0.1, 0.15) is 39.6 Å². The third kappa shape index (κ3) is 3.13. The minimum Gasteiger partial charge on any atom is -0.451 e. The molecule has 0 bridgehead atoms. The van der Waals surface area contributed by atoms with Gasteiger partial charge in [-0.3, -0.25) is 19.3 Å². The Labute approximate surface area is 157 Å². The molecule has 9 heteroatoms. The van der Waals surface area contributed by atoms with E-state index in [1.807, 2.05) is 17.5 Å². The fraction of sp³-hybridized carbons (Fsp3) is 0.167. The second-order valence-corrected chi connectivity index (χ2v) is 6.74. The highest BCUT2D eigenvalue weighted by atomic mass is 32.1. The molecule has 1 aromatic carbocycles. The number of fused-ring (bicyclic) bond motifs is 1. The first-order chi connectivity index (χ1) is 13.0. The highest BCUT2D eigenvalue weighted by Gasteiger charge is 2.37. The number of amides is 2. The Morgan fingerprint density at radius 1 is 1.15 bits per heavy atom. The van der Waals surface area contributed by atoms with Gasteiger partial charge in [0.2, 0.25) is 0 Å². The number of hydrogen-bond donors (Lipinski definition) is 0. The molecule has 27 heavy (non-hydrogen) atoms. The minimum atomic E-state index is -0.811. The summed E-state index contributed by atoms with van der Waals surface area (Å²) in [7, 11) is 0. The number of hydrogen-bond acceptors (Lipinski definition) is 8. The molecule has 0 radical (unpaired) electrons. The number of esters is 1. The Morgan fingerprint density at radius 2 is 1.85 bits per heavy atom. The Balaban J connectivity index is 1.41. The molecule has 2 amide bonds. The van der Waals surface area contributed by atoms with E-state index >= 15 is 0 Å². The number of carbonyl (C=O) groups is 3. The van der Waals surface area contributed by atoms with Crippen molar-refractivity contribution < 1.29 is 23.5 Å². The smallest absolute Gasteiger partial charge is 0.326 e. The lowest BCUT2D eigenvalue weighted by Crippen LogP contribution is -2.36. The summed E-state index contributed by atoms with van der Waals surface area (Å²) < 4.78 is 10.8. The average Bonchev–Trinajstić information content (AvgIpc) is 3.39. The molecule has 2 aromatic heterocycles. The topological polar surface area (TPSA) is 103 Å². The second kappa shape index (κ2) is 6.76. The molecule has 0 fully saturated rings. The standard InChI is InChI=1S/C18H13N3O5S/c1-10(15-19-20-16(26-15)13-7-4-8-27-13)25-14(22)9-21-17(23)11-5-2-3-6-12(11)18(21)24/h2-8,10H,9H2,1H3/t10-/m0/s1. The molecular weight excluding hydrogens is 370 g/mol. The number of carbonyl (C=O) groups excluding carboxylic acids is 3. The number of imide groups is 1. The molecule has 1 aliphatic rings. The zero-order valence-electron chi connectivity index (χ0n) is 14.1. The molecule has 0 N–H and O–H groups in total. The van der Waals surface area contributed by atoms with Crippen molar-refractivity contribution in [2.75, 3.05) is 6.54 Å². The maximum atomic E-state index is 12.3. The number of benzene rings is 1. The van der Waals surface area contributed by atoms with E-state index in [0.29, 0.717) is 5.89 Å². The fourth-order valence-corrected chi connectivity index (χ4v) is 3.34. The monoisotopic (exact) mass is 383 g/mol. The summed E-state index contributed by atoms with van der Waals surface area (Å²) in [6, 6.07) is 10.1. The van der Waals surface area contributed by atoms with Crippen LogP contribution in [-0.2, 0) is 9.53 Å². The molecule has 3 aromatic rings.